The summed E-state index contributed by atoms with van der Waals surface area (Å²) < 4.78 is 1.81. The molecule has 0 aromatic carbocycles. The predicted molar refractivity (Wildman–Crippen MR) is 82.1 cm³/mol. The predicted octanol–water partition coefficient (Wildman–Crippen LogP) is 3.42. The van der Waals surface area contributed by atoms with E-state index in [4.69, 9.17) is 0 Å². The van der Waals surface area contributed by atoms with Crippen LogP contribution in [0.15, 0.2) is 18.5 Å². The third-order valence-corrected chi connectivity index (χ3v) is 5.40. The Morgan fingerprint density at radius 1 is 1.35 bits per heavy atom. The van der Waals surface area contributed by atoms with E-state index in [1.165, 1.54) is 48.1 Å². The minimum atomic E-state index is -0.327. The van der Waals surface area contributed by atoms with Gasteiger partial charge in [-0.2, -0.15) is 5.10 Å². The fourth-order valence-corrected chi connectivity index (χ4v) is 4.18. The molecule has 1 unspecified atom stereocenters. The Kier molecular flexibility index (Phi) is 4.22. The average Bonchev–Trinajstić information content (AvgIpc) is 2.97. The molecule has 0 radical (unpaired) electrons. The van der Waals surface area contributed by atoms with Gasteiger partial charge in [0.25, 0.3) is 0 Å². The molecule has 1 aliphatic rings. The molecule has 1 atom stereocenters. The van der Waals surface area contributed by atoms with Crippen molar-refractivity contribution in [1.29, 1.82) is 0 Å². The summed E-state index contributed by atoms with van der Waals surface area (Å²) in [5.41, 5.74) is 2.69. The molecule has 3 rings (SSSR count). The molecule has 1 aliphatic carbocycles. The summed E-state index contributed by atoms with van der Waals surface area (Å²) in [7, 11) is 1.93. The first-order chi connectivity index (χ1) is 9.72. The summed E-state index contributed by atoms with van der Waals surface area (Å²) in [6, 6.07) is 2.25. The Hall–Kier alpha value is -1.13. The van der Waals surface area contributed by atoms with E-state index >= 15 is 0 Å². The molecule has 2 aromatic heterocycles. The molecule has 20 heavy (non-hydrogen) atoms. The first kappa shape index (κ1) is 13.8. The highest BCUT2D eigenvalue weighted by Gasteiger charge is 2.17. The van der Waals surface area contributed by atoms with Crippen LogP contribution in [-0.2, 0) is 26.3 Å². The van der Waals surface area contributed by atoms with Gasteiger partial charge in [0.05, 0.1) is 12.3 Å². The lowest BCUT2D eigenvalue weighted by molar-refractivity contribution is 0.171. The number of aliphatic hydroxyl groups is 1. The van der Waals surface area contributed by atoms with Crippen molar-refractivity contribution in [1.82, 2.24) is 9.78 Å². The Balaban J connectivity index is 1.63. The van der Waals surface area contributed by atoms with E-state index in [1.54, 1.807) is 0 Å². The fourth-order valence-electron chi connectivity index (χ4n) is 2.90. The van der Waals surface area contributed by atoms with E-state index in [-0.39, 0.29) is 6.10 Å². The third-order valence-electron chi connectivity index (χ3n) is 4.06. The Bertz CT molecular complexity index is 549. The van der Waals surface area contributed by atoms with E-state index in [0.717, 1.165) is 17.7 Å². The number of aryl methyl sites for hydroxylation is 4. The first-order valence-electron chi connectivity index (χ1n) is 7.49. The monoisotopic (exact) mass is 290 g/mol. The van der Waals surface area contributed by atoms with E-state index in [0.29, 0.717) is 0 Å². The van der Waals surface area contributed by atoms with E-state index in [9.17, 15) is 5.11 Å². The zero-order chi connectivity index (χ0) is 13.9. The van der Waals surface area contributed by atoms with E-state index in [1.807, 2.05) is 35.5 Å². The normalized spacial score (nSPS) is 16.7. The van der Waals surface area contributed by atoms with Gasteiger partial charge in [-0.15, -0.1) is 11.3 Å². The zero-order valence-electron chi connectivity index (χ0n) is 12.0. The molecule has 0 amide bonds. The van der Waals surface area contributed by atoms with Crippen molar-refractivity contribution in [3.05, 3.63) is 39.3 Å². The van der Waals surface area contributed by atoms with Gasteiger partial charge < -0.3 is 5.11 Å². The molecule has 0 saturated carbocycles. The first-order valence-corrected chi connectivity index (χ1v) is 8.31. The fraction of sp³-hybridized carbons (Fsp3) is 0.562. The number of fused-ring (bicyclic) bond motifs is 1. The molecule has 0 aliphatic heterocycles. The topological polar surface area (TPSA) is 38.0 Å². The van der Waals surface area contributed by atoms with Gasteiger partial charge in [-0.3, -0.25) is 4.68 Å². The van der Waals surface area contributed by atoms with Crippen LogP contribution in [0.2, 0.25) is 0 Å². The third kappa shape index (κ3) is 3.13. The van der Waals surface area contributed by atoms with Crippen LogP contribution in [0.3, 0.4) is 0 Å². The Labute approximate surface area is 124 Å². The van der Waals surface area contributed by atoms with Gasteiger partial charge in [0.1, 0.15) is 0 Å². The van der Waals surface area contributed by atoms with Gasteiger partial charge in [-0.05, 0) is 55.7 Å². The molecular formula is C16H22N2OS. The van der Waals surface area contributed by atoms with Crippen LogP contribution in [0.25, 0.3) is 0 Å². The molecule has 108 valence electrons. The SMILES string of the molecule is Cn1cc(CCC(O)c2cc3c(s2)CCCCC3)cn1. The standard InChI is InChI=1S/C16H22N2OS/c1-18-11-12(10-17-18)7-8-14(19)16-9-13-5-3-2-4-6-15(13)20-16/h9-11,14,19H,2-8H2,1H3. The Morgan fingerprint density at radius 2 is 2.20 bits per heavy atom. The second kappa shape index (κ2) is 6.10. The number of thiophene rings is 1. The van der Waals surface area contributed by atoms with Crippen LogP contribution in [0, 0.1) is 0 Å². The second-order valence-electron chi connectivity index (χ2n) is 5.73. The maximum atomic E-state index is 10.4. The van der Waals surface area contributed by atoms with E-state index < -0.39 is 0 Å². The number of rotatable bonds is 4. The smallest absolute Gasteiger partial charge is 0.0885 e. The lowest BCUT2D eigenvalue weighted by atomic mass is 10.1. The molecular weight excluding hydrogens is 268 g/mol. The van der Waals surface area contributed by atoms with Gasteiger partial charge in [0.15, 0.2) is 0 Å². The molecule has 4 heteroatoms. The maximum Gasteiger partial charge on any atom is 0.0885 e. The summed E-state index contributed by atoms with van der Waals surface area (Å²) in [5.74, 6) is 0. The minimum Gasteiger partial charge on any atom is -0.388 e. The molecule has 3 nitrogen and oxygen atoms in total. The van der Waals surface area contributed by atoms with Gasteiger partial charge in [-0.1, -0.05) is 6.42 Å². The minimum absolute atomic E-state index is 0.327. The molecule has 2 heterocycles. The zero-order valence-corrected chi connectivity index (χ0v) is 12.8. The van der Waals surface area contributed by atoms with Crippen molar-refractivity contribution in [3.63, 3.8) is 0 Å². The Morgan fingerprint density at radius 3 is 3.00 bits per heavy atom. The van der Waals surface area contributed by atoms with Crippen LogP contribution >= 0.6 is 11.3 Å². The average molecular weight is 290 g/mol. The quantitative estimate of drug-likeness (QED) is 0.876. The van der Waals surface area contributed by atoms with Gasteiger partial charge in [0, 0.05) is 23.0 Å². The van der Waals surface area contributed by atoms with Crippen LogP contribution in [0.5, 0.6) is 0 Å². The number of nitrogens with zero attached hydrogens (tertiary/aromatic N) is 2. The maximum absolute atomic E-state index is 10.4. The van der Waals surface area contributed by atoms with Crippen LogP contribution in [-0.4, -0.2) is 14.9 Å². The summed E-state index contributed by atoms with van der Waals surface area (Å²) in [4.78, 5) is 2.67. The van der Waals surface area contributed by atoms with Crippen molar-refractivity contribution in [2.24, 2.45) is 7.05 Å². The number of hydrogen-bond acceptors (Lipinski definition) is 3. The molecule has 0 fully saturated rings. The highest BCUT2D eigenvalue weighted by Crippen LogP contribution is 2.33. The summed E-state index contributed by atoms with van der Waals surface area (Å²) in [6.45, 7) is 0. The van der Waals surface area contributed by atoms with Crippen molar-refractivity contribution >= 4 is 11.3 Å². The molecule has 1 N–H and O–H groups in total. The van der Waals surface area contributed by atoms with Crippen molar-refractivity contribution in [3.8, 4) is 0 Å². The van der Waals surface area contributed by atoms with Gasteiger partial charge >= 0.3 is 0 Å². The van der Waals surface area contributed by atoms with Gasteiger partial charge in [0.2, 0.25) is 0 Å². The molecule has 0 spiro atoms. The highest BCUT2D eigenvalue weighted by atomic mass is 32.1. The second-order valence-corrected chi connectivity index (χ2v) is 6.90. The number of aromatic nitrogens is 2. The van der Waals surface area contributed by atoms with Crippen molar-refractivity contribution in [2.75, 3.05) is 0 Å². The molecule has 0 bridgehead atoms. The van der Waals surface area contributed by atoms with E-state index in [2.05, 4.69) is 11.2 Å². The molecule has 2 aromatic rings. The number of aliphatic hydroxyl groups excluding tert-OH is 1. The number of hydrogen-bond donors (Lipinski definition) is 1. The lowest BCUT2D eigenvalue weighted by Gasteiger charge is -2.07. The lowest BCUT2D eigenvalue weighted by Crippen LogP contribution is -1.97. The van der Waals surface area contributed by atoms with Crippen LogP contribution < -0.4 is 0 Å². The van der Waals surface area contributed by atoms with Crippen LogP contribution in [0.1, 0.15) is 52.7 Å². The highest BCUT2D eigenvalue weighted by molar-refractivity contribution is 7.12. The summed E-state index contributed by atoms with van der Waals surface area (Å²) in [6.07, 6.45) is 11.6. The largest absolute Gasteiger partial charge is 0.388 e. The molecule has 0 saturated heterocycles. The van der Waals surface area contributed by atoms with Crippen molar-refractivity contribution in [2.45, 2.75) is 51.0 Å². The summed E-state index contributed by atoms with van der Waals surface area (Å²) in [5, 5.41) is 14.6. The van der Waals surface area contributed by atoms with Crippen LogP contribution in [0.4, 0.5) is 0 Å². The van der Waals surface area contributed by atoms with Crippen molar-refractivity contribution < 1.29 is 5.11 Å². The van der Waals surface area contributed by atoms with Gasteiger partial charge in [-0.25, -0.2) is 0 Å². The summed E-state index contributed by atoms with van der Waals surface area (Å²) >= 11 is 1.83.